The average molecular weight is 476 g/mol. The third kappa shape index (κ3) is 7.35. The molecule has 1 atom stereocenters. The fourth-order valence-electron chi connectivity index (χ4n) is 2.99. The van der Waals surface area contributed by atoms with Crippen molar-refractivity contribution in [2.45, 2.75) is 32.2 Å². The van der Waals surface area contributed by atoms with Crippen molar-refractivity contribution in [3.63, 3.8) is 0 Å². The molecule has 0 bridgehead atoms. The van der Waals surface area contributed by atoms with E-state index in [0.717, 1.165) is 32.1 Å². The minimum absolute atomic E-state index is 0. The summed E-state index contributed by atoms with van der Waals surface area (Å²) in [5, 5.41) is 4.24. The van der Waals surface area contributed by atoms with Crippen molar-refractivity contribution in [2.24, 2.45) is 10.9 Å². The van der Waals surface area contributed by atoms with Crippen LogP contribution in [0.25, 0.3) is 0 Å². The largest absolute Gasteiger partial charge is 0.352 e. The van der Waals surface area contributed by atoms with Gasteiger partial charge in [0.1, 0.15) is 0 Å². The third-order valence-corrected chi connectivity index (χ3v) is 5.83. The van der Waals surface area contributed by atoms with Crippen molar-refractivity contribution in [1.29, 1.82) is 0 Å². The highest BCUT2D eigenvalue weighted by molar-refractivity contribution is 14.0. The number of benzene rings is 1. The fraction of sp³-hybridized carbons (Fsp3) is 0.632. The number of hydrogen-bond donors (Lipinski definition) is 1. The van der Waals surface area contributed by atoms with E-state index in [2.05, 4.69) is 84.1 Å². The monoisotopic (exact) mass is 476 g/mol. The first-order valence-electron chi connectivity index (χ1n) is 8.79. The van der Waals surface area contributed by atoms with Crippen LogP contribution >= 0.6 is 35.7 Å². The van der Waals surface area contributed by atoms with E-state index in [1.807, 2.05) is 7.05 Å². The van der Waals surface area contributed by atoms with Gasteiger partial charge in [0.15, 0.2) is 5.96 Å². The molecule has 1 aliphatic rings. The zero-order valence-electron chi connectivity index (χ0n) is 16.2. The minimum Gasteiger partial charge on any atom is -0.352 e. The van der Waals surface area contributed by atoms with Gasteiger partial charge in [0, 0.05) is 44.2 Å². The van der Waals surface area contributed by atoms with E-state index in [4.69, 9.17) is 0 Å². The zero-order valence-corrected chi connectivity index (χ0v) is 19.3. The molecule has 0 aromatic heterocycles. The van der Waals surface area contributed by atoms with E-state index in [9.17, 15) is 0 Å². The molecule has 0 amide bonds. The van der Waals surface area contributed by atoms with Crippen molar-refractivity contribution in [3.05, 3.63) is 35.4 Å². The van der Waals surface area contributed by atoms with Crippen molar-refractivity contribution < 1.29 is 0 Å². The number of thioether (sulfide) groups is 1. The van der Waals surface area contributed by atoms with Gasteiger partial charge in [0.25, 0.3) is 0 Å². The second kappa shape index (κ2) is 11.3. The highest BCUT2D eigenvalue weighted by Crippen LogP contribution is 2.24. The number of halogens is 1. The molecule has 2 rings (SSSR count). The Hall–Kier alpha value is -0.470. The minimum atomic E-state index is 0. The lowest BCUT2D eigenvalue weighted by atomic mass is 10.1. The second-order valence-electron chi connectivity index (χ2n) is 7.06. The normalized spacial score (nSPS) is 18.4. The molecule has 0 saturated carbocycles. The van der Waals surface area contributed by atoms with Crippen LogP contribution in [0, 0.1) is 5.92 Å². The molecule has 0 radical (unpaired) electrons. The zero-order chi connectivity index (χ0) is 17.5. The lowest BCUT2D eigenvalue weighted by Crippen LogP contribution is -2.48. The summed E-state index contributed by atoms with van der Waals surface area (Å²) in [6, 6.07) is 8.80. The van der Waals surface area contributed by atoms with Crippen LogP contribution in [0.15, 0.2) is 29.3 Å². The van der Waals surface area contributed by atoms with Crippen molar-refractivity contribution >= 4 is 41.7 Å². The molecule has 1 saturated heterocycles. The Labute approximate surface area is 174 Å². The average Bonchev–Trinajstić information content (AvgIpc) is 2.55. The number of rotatable bonds is 5. The van der Waals surface area contributed by atoms with Crippen LogP contribution in [0.1, 0.15) is 25.0 Å². The maximum absolute atomic E-state index is 4.51. The number of nitrogens with one attached hydrogen (secondary N) is 1. The SMILES string of the molecule is CN=C(NCc1cccc(CN(C)C)c1)N1CCSC(C(C)C)C1.I. The summed E-state index contributed by atoms with van der Waals surface area (Å²) in [6.45, 7) is 8.59. The molecule has 1 fully saturated rings. The Morgan fingerprint density at radius 2 is 2.08 bits per heavy atom. The van der Waals surface area contributed by atoms with Crippen LogP contribution in [0.2, 0.25) is 0 Å². The molecular formula is C19H33IN4S. The maximum Gasteiger partial charge on any atom is 0.193 e. The third-order valence-electron chi connectivity index (χ3n) is 4.29. The molecule has 4 nitrogen and oxygen atoms in total. The molecular weight excluding hydrogens is 443 g/mol. The summed E-state index contributed by atoms with van der Waals surface area (Å²) in [4.78, 5) is 9.11. The van der Waals surface area contributed by atoms with Crippen LogP contribution in [-0.4, -0.2) is 61.0 Å². The lowest BCUT2D eigenvalue weighted by molar-refractivity contribution is 0.380. The molecule has 1 unspecified atom stereocenters. The van der Waals surface area contributed by atoms with E-state index in [1.165, 1.54) is 16.9 Å². The van der Waals surface area contributed by atoms with E-state index >= 15 is 0 Å². The van der Waals surface area contributed by atoms with Gasteiger partial charge in [-0.2, -0.15) is 11.8 Å². The molecule has 0 aliphatic carbocycles. The number of nitrogens with zero attached hydrogens (tertiary/aromatic N) is 3. The molecule has 1 aliphatic heterocycles. The molecule has 142 valence electrons. The van der Waals surface area contributed by atoms with Gasteiger partial charge in [-0.1, -0.05) is 38.1 Å². The Morgan fingerprint density at radius 1 is 1.36 bits per heavy atom. The van der Waals surface area contributed by atoms with Gasteiger partial charge in [0.05, 0.1) is 0 Å². The predicted molar refractivity (Wildman–Crippen MR) is 122 cm³/mol. The summed E-state index contributed by atoms with van der Waals surface area (Å²) in [5.41, 5.74) is 2.66. The van der Waals surface area contributed by atoms with E-state index in [0.29, 0.717) is 11.2 Å². The number of aliphatic imine (C=N–C) groups is 1. The van der Waals surface area contributed by atoms with Crippen LogP contribution in [-0.2, 0) is 13.1 Å². The smallest absolute Gasteiger partial charge is 0.193 e. The van der Waals surface area contributed by atoms with Crippen LogP contribution in [0.4, 0.5) is 0 Å². The summed E-state index contributed by atoms with van der Waals surface area (Å²) >= 11 is 2.10. The highest BCUT2D eigenvalue weighted by Gasteiger charge is 2.24. The summed E-state index contributed by atoms with van der Waals surface area (Å²) in [5.74, 6) is 2.92. The van der Waals surface area contributed by atoms with Crippen molar-refractivity contribution in [2.75, 3.05) is 40.0 Å². The highest BCUT2D eigenvalue weighted by atomic mass is 127. The van der Waals surface area contributed by atoms with Gasteiger partial charge in [-0.15, -0.1) is 24.0 Å². The van der Waals surface area contributed by atoms with Gasteiger partial charge in [-0.25, -0.2) is 0 Å². The second-order valence-corrected chi connectivity index (χ2v) is 8.40. The quantitative estimate of drug-likeness (QED) is 0.401. The van der Waals surface area contributed by atoms with Gasteiger partial charge in [-0.05, 0) is 31.1 Å². The Balaban J connectivity index is 0.00000312. The van der Waals surface area contributed by atoms with E-state index < -0.39 is 0 Å². The number of guanidine groups is 1. The Morgan fingerprint density at radius 3 is 2.72 bits per heavy atom. The summed E-state index contributed by atoms with van der Waals surface area (Å²) in [6.07, 6.45) is 0. The van der Waals surface area contributed by atoms with Crippen LogP contribution in [0.3, 0.4) is 0 Å². The first kappa shape index (κ1) is 22.6. The lowest BCUT2D eigenvalue weighted by Gasteiger charge is -2.36. The van der Waals surface area contributed by atoms with Gasteiger partial charge < -0.3 is 15.1 Å². The van der Waals surface area contributed by atoms with Gasteiger partial charge >= 0.3 is 0 Å². The van der Waals surface area contributed by atoms with Crippen LogP contribution in [0.5, 0.6) is 0 Å². The van der Waals surface area contributed by atoms with E-state index in [-0.39, 0.29) is 24.0 Å². The van der Waals surface area contributed by atoms with Crippen LogP contribution < -0.4 is 5.32 Å². The fourth-order valence-corrected chi connectivity index (χ4v) is 4.29. The standard InChI is InChI=1S/C19H32N4S.HI/c1-15(2)18-14-23(9-10-24-18)19(20-3)21-12-16-7-6-8-17(11-16)13-22(4)5;/h6-8,11,15,18H,9-10,12-14H2,1-5H3,(H,20,21);1H. The number of hydrogen-bond acceptors (Lipinski definition) is 3. The summed E-state index contributed by atoms with van der Waals surface area (Å²) in [7, 11) is 6.09. The molecule has 1 N–H and O–H groups in total. The molecule has 6 heteroatoms. The Bertz CT molecular complexity index is 548. The van der Waals surface area contributed by atoms with Gasteiger partial charge in [-0.3, -0.25) is 4.99 Å². The topological polar surface area (TPSA) is 30.9 Å². The molecule has 1 aromatic rings. The van der Waals surface area contributed by atoms with Crippen molar-refractivity contribution in [3.8, 4) is 0 Å². The molecule has 1 aromatic carbocycles. The molecule has 0 spiro atoms. The predicted octanol–water partition coefficient (Wildman–Crippen LogP) is 3.52. The Kier molecular flexibility index (Phi) is 10.2. The molecule has 25 heavy (non-hydrogen) atoms. The maximum atomic E-state index is 4.51. The molecule has 1 heterocycles. The first-order chi connectivity index (χ1) is 11.5. The summed E-state index contributed by atoms with van der Waals surface area (Å²) < 4.78 is 0. The van der Waals surface area contributed by atoms with Gasteiger partial charge in [0.2, 0.25) is 0 Å². The van der Waals surface area contributed by atoms with Crippen molar-refractivity contribution in [1.82, 2.24) is 15.1 Å². The first-order valence-corrected chi connectivity index (χ1v) is 9.84. The van der Waals surface area contributed by atoms with E-state index in [1.54, 1.807) is 0 Å².